The van der Waals surface area contributed by atoms with Gasteiger partial charge in [0, 0.05) is 57.1 Å². The molecule has 1 saturated heterocycles. The van der Waals surface area contributed by atoms with Gasteiger partial charge >= 0.3 is 0 Å². The number of fused-ring (bicyclic) bond motifs is 1. The summed E-state index contributed by atoms with van der Waals surface area (Å²) < 4.78 is 23.0. The van der Waals surface area contributed by atoms with Crippen LogP contribution in [0.4, 0.5) is 0 Å². The molecule has 0 amide bonds. The molecule has 0 aliphatic carbocycles. The highest BCUT2D eigenvalue weighted by Gasteiger charge is 2.21. The molecule has 2 N–H and O–H groups in total. The van der Waals surface area contributed by atoms with Gasteiger partial charge in [-0.05, 0) is 58.1 Å². The second-order valence-corrected chi connectivity index (χ2v) is 8.24. The third-order valence-electron chi connectivity index (χ3n) is 5.58. The molecular weight excluding hydrogens is 394 g/mol. The summed E-state index contributed by atoms with van der Waals surface area (Å²) in [4.78, 5) is 4.77. The molecule has 7 heteroatoms. The lowest BCUT2D eigenvalue weighted by Crippen LogP contribution is -2.38. The van der Waals surface area contributed by atoms with Crippen LogP contribution < -0.4 is 20.1 Å². The smallest absolute Gasteiger partial charge is 0.191 e. The Kier molecular flexibility index (Phi) is 9.75. The number of rotatable bonds is 11. The highest BCUT2D eigenvalue weighted by atomic mass is 16.5. The van der Waals surface area contributed by atoms with E-state index in [9.17, 15) is 0 Å². The molecule has 31 heavy (non-hydrogen) atoms. The van der Waals surface area contributed by atoms with E-state index in [1.807, 2.05) is 6.92 Å². The van der Waals surface area contributed by atoms with Crippen molar-refractivity contribution in [2.24, 2.45) is 10.9 Å². The van der Waals surface area contributed by atoms with Crippen molar-refractivity contribution in [1.29, 1.82) is 0 Å². The second kappa shape index (κ2) is 12.8. The lowest BCUT2D eigenvalue weighted by atomic mass is 10.0. The summed E-state index contributed by atoms with van der Waals surface area (Å²) >= 11 is 0. The van der Waals surface area contributed by atoms with Crippen LogP contribution >= 0.6 is 0 Å². The molecule has 1 aromatic rings. The minimum Gasteiger partial charge on any atom is -0.494 e. The van der Waals surface area contributed by atoms with Crippen molar-refractivity contribution in [2.75, 3.05) is 46.1 Å². The maximum atomic E-state index is 5.92. The van der Waals surface area contributed by atoms with Crippen molar-refractivity contribution < 1.29 is 18.9 Å². The van der Waals surface area contributed by atoms with E-state index in [2.05, 4.69) is 36.6 Å². The number of hydrogen-bond acceptors (Lipinski definition) is 5. The summed E-state index contributed by atoms with van der Waals surface area (Å²) in [6, 6.07) is 4.20. The molecule has 0 saturated carbocycles. The SMILES string of the molecule is CCNC(=NCc1cc2c(cc1OCC)CC(C)O2)NCCCOCC1CCOCC1. The van der Waals surface area contributed by atoms with Crippen molar-refractivity contribution in [3.8, 4) is 11.5 Å². The molecule has 7 nitrogen and oxygen atoms in total. The number of nitrogens with zero attached hydrogens (tertiary/aromatic N) is 1. The van der Waals surface area contributed by atoms with Crippen molar-refractivity contribution in [1.82, 2.24) is 10.6 Å². The van der Waals surface area contributed by atoms with E-state index in [0.717, 1.165) is 88.2 Å². The minimum atomic E-state index is 0.218. The molecule has 2 aliphatic rings. The molecule has 0 aromatic heterocycles. The molecule has 1 atom stereocenters. The standard InChI is InChI=1S/C24H39N3O4/c1-4-25-24(26-9-6-10-29-17-19-7-11-28-12-8-19)27-16-21-15-23-20(13-18(3)31-23)14-22(21)30-5-2/h14-15,18-19H,4-13,16-17H2,1-3H3,(H2,25,26,27). The fourth-order valence-electron chi connectivity index (χ4n) is 3.94. The predicted octanol–water partition coefficient (Wildman–Crippen LogP) is 3.30. The van der Waals surface area contributed by atoms with Crippen LogP contribution in [0.3, 0.4) is 0 Å². The van der Waals surface area contributed by atoms with Gasteiger partial charge in [-0.3, -0.25) is 0 Å². The van der Waals surface area contributed by atoms with Gasteiger partial charge in [0.05, 0.1) is 13.2 Å². The highest BCUT2D eigenvalue weighted by Crippen LogP contribution is 2.35. The minimum absolute atomic E-state index is 0.218. The molecule has 1 aromatic carbocycles. The average Bonchev–Trinajstić information content (AvgIpc) is 3.14. The van der Waals surface area contributed by atoms with Crippen molar-refractivity contribution >= 4 is 5.96 Å². The number of nitrogens with one attached hydrogen (secondary N) is 2. The van der Waals surface area contributed by atoms with E-state index in [0.29, 0.717) is 19.1 Å². The zero-order valence-electron chi connectivity index (χ0n) is 19.4. The first-order chi connectivity index (χ1) is 15.2. The molecule has 2 heterocycles. The summed E-state index contributed by atoms with van der Waals surface area (Å²) in [5.41, 5.74) is 2.26. The van der Waals surface area contributed by atoms with E-state index in [4.69, 9.17) is 23.9 Å². The fraction of sp³-hybridized carbons (Fsp3) is 0.708. The average molecular weight is 434 g/mol. The van der Waals surface area contributed by atoms with Gasteiger partial charge in [0.15, 0.2) is 5.96 Å². The second-order valence-electron chi connectivity index (χ2n) is 8.24. The largest absolute Gasteiger partial charge is 0.494 e. The normalized spacial score (nSPS) is 19.1. The predicted molar refractivity (Wildman–Crippen MR) is 123 cm³/mol. The molecule has 0 spiro atoms. The zero-order valence-corrected chi connectivity index (χ0v) is 19.4. The first-order valence-electron chi connectivity index (χ1n) is 11.8. The number of benzene rings is 1. The summed E-state index contributed by atoms with van der Waals surface area (Å²) in [6.45, 7) is 12.3. The molecule has 2 aliphatic heterocycles. The molecule has 3 rings (SSSR count). The van der Waals surface area contributed by atoms with Crippen molar-refractivity contribution in [3.63, 3.8) is 0 Å². The van der Waals surface area contributed by atoms with Crippen molar-refractivity contribution in [2.45, 2.75) is 59.1 Å². The van der Waals surface area contributed by atoms with Gasteiger partial charge in [-0.1, -0.05) is 0 Å². The Morgan fingerprint density at radius 2 is 2.03 bits per heavy atom. The van der Waals surface area contributed by atoms with E-state index < -0.39 is 0 Å². The summed E-state index contributed by atoms with van der Waals surface area (Å²) in [5.74, 6) is 3.32. The topological polar surface area (TPSA) is 73.3 Å². The third kappa shape index (κ3) is 7.58. The van der Waals surface area contributed by atoms with E-state index in [1.165, 1.54) is 5.56 Å². The Balaban J connectivity index is 1.47. The van der Waals surface area contributed by atoms with Crippen LogP contribution in [-0.4, -0.2) is 58.2 Å². The van der Waals surface area contributed by atoms with Crippen LogP contribution in [0.2, 0.25) is 0 Å². The lowest BCUT2D eigenvalue weighted by Gasteiger charge is -2.21. The number of hydrogen-bond donors (Lipinski definition) is 2. The van der Waals surface area contributed by atoms with Gasteiger partial charge in [0.1, 0.15) is 17.6 Å². The molecule has 0 bridgehead atoms. The van der Waals surface area contributed by atoms with Gasteiger partial charge in [0.25, 0.3) is 0 Å². The molecule has 0 radical (unpaired) electrons. The van der Waals surface area contributed by atoms with Crippen LogP contribution in [0.5, 0.6) is 11.5 Å². The Bertz CT molecular complexity index is 704. The monoisotopic (exact) mass is 433 g/mol. The van der Waals surface area contributed by atoms with E-state index in [-0.39, 0.29) is 6.10 Å². The van der Waals surface area contributed by atoms with Gasteiger partial charge in [-0.25, -0.2) is 4.99 Å². The Morgan fingerprint density at radius 3 is 2.81 bits per heavy atom. The van der Waals surface area contributed by atoms with Crippen LogP contribution in [0.25, 0.3) is 0 Å². The lowest BCUT2D eigenvalue weighted by molar-refractivity contribution is 0.0203. The van der Waals surface area contributed by atoms with Gasteiger partial charge in [0.2, 0.25) is 0 Å². The molecule has 1 fully saturated rings. The van der Waals surface area contributed by atoms with E-state index >= 15 is 0 Å². The van der Waals surface area contributed by atoms with Gasteiger partial charge < -0.3 is 29.6 Å². The van der Waals surface area contributed by atoms with E-state index in [1.54, 1.807) is 0 Å². The highest BCUT2D eigenvalue weighted by molar-refractivity contribution is 5.79. The maximum absolute atomic E-state index is 5.92. The molecule has 1 unspecified atom stereocenters. The Labute approximate surface area is 186 Å². The van der Waals surface area contributed by atoms with Gasteiger partial charge in [-0.15, -0.1) is 0 Å². The van der Waals surface area contributed by atoms with Crippen LogP contribution in [0.15, 0.2) is 17.1 Å². The third-order valence-corrected chi connectivity index (χ3v) is 5.58. The fourth-order valence-corrected chi connectivity index (χ4v) is 3.94. The number of aliphatic imine (C=N–C) groups is 1. The molecular formula is C24H39N3O4. The quantitative estimate of drug-likeness (QED) is 0.317. The Hall–Kier alpha value is -1.99. The number of ether oxygens (including phenoxy) is 4. The van der Waals surface area contributed by atoms with Crippen molar-refractivity contribution in [3.05, 3.63) is 23.3 Å². The molecule has 174 valence electrons. The Morgan fingerprint density at radius 1 is 1.19 bits per heavy atom. The summed E-state index contributed by atoms with van der Waals surface area (Å²) in [5, 5.41) is 6.73. The zero-order chi connectivity index (χ0) is 21.9. The summed E-state index contributed by atoms with van der Waals surface area (Å²) in [6.07, 6.45) is 4.33. The maximum Gasteiger partial charge on any atom is 0.191 e. The number of guanidine groups is 1. The van der Waals surface area contributed by atoms with Crippen LogP contribution in [-0.2, 0) is 22.4 Å². The van der Waals surface area contributed by atoms with Gasteiger partial charge in [-0.2, -0.15) is 0 Å². The summed E-state index contributed by atoms with van der Waals surface area (Å²) in [7, 11) is 0. The first kappa shape index (κ1) is 23.7. The first-order valence-corrected chi connectivity index (χ1v) is 11.8. The van der Waals surface area contributed by atoms with Crippen LogP contribution in [0, 0.1) is 5.92 Å². The van der Waals surface area contributed by atoms with Crippen LogP contribution in [0.1, 0.15) is 51.2 Å².